The van der Waals surface area contributed by atoms with E-state index in [0.717, 1.165) is 36.0 Å². The molecule has 2 aromatic rings. The number of aliphatic carboxylic acids is 1. The SMILES string of the molecule is O=C(O)CCc1cccc(NC(=O)c2cccc3c2CCC3)c1. The van der Waals surface area contributed by atoms with Gasteiger partial charge < -0.3 is 10.4 Å². The topological polar surface area (TPSA) is 66.4 Å². The van der Waals surface area contributed by atoms with Crippen LogP contribution in [0, 0.1) is 0 Å². The second kappa shape index (κ2) is 6.65. The number of rotatable bonds is 5. The third-order valence-corrected chi connectivity index (χ3v) is 4.20. The number of carbonyl (C=O) groups excluding carboxylic acids is 1. The van der Waals surface area contributed by atoms with Crippen molar-refractivity contribution < 1.29 is 14.7 Å². The highest BCUT2D eigenvalue weighted by Crippen LogP contribution is 2.26. The molecule has 0 saturated carbocycles. The Hall–Kier alpha value is -2.62. The van der Waals surface area contributed by atoms with E-state index >= 15 is 0 Å². The fourth-order valence-corrected chi connectivity index (χ4v) is 3.09. The molecule has 3 rings (SSSR count). The van der Waals surface area contributed by atoms with Crippen LogP contribution in [-0.4, -0.2) is 17.0 Å². The van der Waals surface area contributed by atoms with Gasteiger partial charge in [0.15, 0.2) is 0 Å². The summed E-state index contributed by atoms with van der Waals surface area (Å²) in [4.78, 5) is 23.2. The van der Waals surface area contributed by atoms with Gasteiger partial charge in [0.05, 0.1) is 0 Å². The Kier molecular flexibility index (Phi) is 4.42. The van der Waals surface area contributed by atoms with E-state index in [9.17, 15) is 9.59 Å². The van der Waals surface area contributed by atoms with Crippen LogP contribution in [0.1, 0.15) is 39.9 Å². The van der Waals surface area contributed by atoms with Crippen molar-refractivity contribution in [3.8, 4) is 0 Å². The lowest BCUT2D eigenvalue weighted by atomic mass is 10.0. The largest absolute Gasteiger partial charge is 0.481 e. The zero-order valence-electron chi connectivity index (χ0n) is 12.8. The lowest BCUT2D eigenvalue weighted by Gasteiger charge is -2.10. The summed E-state index contributed by atoms with van der Waals surface area (Å²) in [6, 6.07) is 13.3. The molecule has 1 aliphatic carbocycles. The molecule has 0 spiro atoms. The highest BCUT2D eigenvalue weighted by Gasteiger charge is 2.18. The molecule has 0 heterocycles. The van der Waals surface area contributed by atoms with Gasteiger partial charge >= 0.3 is 5.97 Å². The average molecular weight is 309 g/mol. The fraction of sp³-hybridized carbons (Fsp3) is 0.263. The van der Waals surface area contributed by atoms with Crippen molar-refractivity contribution in [1.29, 1.82) is 0 Å². The standard InChI is InChI=1S/C19H19NO3/c21-18(22)11-10-13-4-1-7-15(12-13)20-19(23)17-9-3-6-14-5-2-8-16(14)17/h1,3-4,6-7,9,12H,2,5,8,10-11H2,(H,20,23)(H,21,22). The van der Waals surface area contributed by atoms with E-state index in [2.05, 4.69) is 11.4 Å². The second-order valence-corrected chi connectivity index (χ2v) is 5.85. The van der Waals surface area contributed by atoms with Crippen molar-refractivity contribution in [1.82, 2.24) is 0 Å². The van der Waals surface area contributed by atoms with E-state index in [1.165, 1.54) is 5.56 Å². The molecule has 4 heteroatoms. The molecule has 4 nitrogen and oxygen atoms in total. The third kappa shape index (κ3) is 3.59. The first-order valence-corrected chi connectivity index (χ1v) is 7.86. The van der Waals surface area contributed by atoms with Crippen LogP contribution in [0.2, 0.25) is 0 Å². The number of carboxylic acid groups (broad SMARTS) is 1. The molecule has 0 unspecified atom stereocenters. The number of hydrogen-bond acceptors (Lipinski definition) is 2. The van der Waals surface area contributed by atoms with Crippen LogP contribution in [0.25, 0.3) is 0 Å². The maximum Gasteiger partial charge on any atom is 0.303 e. The lowest BCUT2D eigenvalue weighted by Crippen LogP contribution is -2.14. The molecule has 0 saturated heterocycles. The minimum atomic E-state index is -0.820. The molecule has 0 fully saturated rings. The van der Waals surface area contributed by atoms with Gasteiger partial charge in [0.1, 0.15) is 0 Å². The van der Waals surface area contributed by atoms with Crippen LogP contribution >= 0.6 is 0 Å². The van der Waals surface area contributed by atoms with Crippen LogP contribution < -0.4 is 5.32 Å². The maximum atomic E-state index is 12.5. The van der Waals surface area contributed by atoms with Gasteiger partial charge in [-0.05, 0) is 60.6 Å². The molecular weight excluding hydrogens is 290 g/mol. The zero-order valence-corrected chi connectivity index (χ0v) is 12.8. The Morgan fingerprint density at radius 2 is 1.91 bits per heavy atom. The van der Waals surface area contributed by atoms with Crippen LogP contribution in [0.5, 0.6) is 0 Å². The van der Waals surface area contributed by atoms with Crippen molar-refractivity contribution in [2.24, 2.45) is 0 Å². The van der Waals surface area contributed by atoms with Crippen LogP contribution in [0.4, 0.5) is 5.69 Å². The number of hydrogen-bond donors (Lipinski definition) is 2. The average Bonchev–Trinajstić information content (AvgIpc) is 3.01. The van der Waals surface area contributed by atoms with Gasteiger partial charge in [-0.3, -0.25) is 9.59 Å². The lowest BCUT2D eigenvalue weighted by molar-refractivity contribution is -0.136. The van der Waals surface area contributed by atoms with Crippen LogP contribution in [-0.2, 0) is 24.1 Å². The number of carboxylic acids is 1. The summed E-state index contributed by atoms with van der Waals surface area (Å²) in [6.07, 6.45) is 3.65. The molecule has 23 heavy (non-hydrogen) atoms. The van der Waals surface area contributed by atoms with Gasteiger partial charge in [-0.25, -0.2) is 0 Å². The van der Waals surface area contributed by atoms with Crippen molar-refractivity contribution in [3.05, 3.63) is 64.7 Å². The number of nitrogens with one attached hydrogen (secondary N) is 1. The number of aryl methyl sites for hydroxylation is 2. The van der Waals surface area contributed by atoms with E-state index < -0.39 is 5.97 Å². The van der Waals surface area contributed by atoms with E-state index in [0.29, 0.717) is 12.1 Å². The molecule has 1 amide bonds. The molecular formula is C19H19NO3. The zero-order chi connectivity index (χ0) is 16.2. The Morgan fingerprint density at radius 3 is 2.74 bits per heavy atom. The second-order valence-electron chi connectivity index (χ2n) is 5.85. The van der Waals surface area contributed by atoms with Crippen LogP contribution in [0.15, 0.2) is 42.5 Å². The normalized spacial score (nSPS) is 12.7. The van der Waals surface area contributed by atoms with Gasteiger partial charge in [0.25, 0.3) is 5.91 Å². The minimum absolute atomic E-state index is 0.0869. The van der Waals surface area contributed by atoms with Crippen molar-refractivity contribution in [2.75, 3.05) is 5.32 Å². The van der Waals surface area contributed by atoms with Gasteiger partial charge in [0.2, 0.25) is 0 Å². The van der Waals surface area contributed by atoms with Gasteiger partial charge in [-0.15, -0.1) is 0 Å². The van der Waals surface area contributed by atoms with Crippen molar-refractivity contribution in [2.45, 2.75) is 32.1 Å². The van der Waals surface area contributed by atoms with Crippen molar-refractivity contribution in [3.63, 3.8) is 0 Å². The molecule has 0 aromatic heterocycles. The van der Waals surface area contributed by atoms with E-state index in [1.54, 1.807) is 0 Å². The molecule has 0 aliphatic heterocycles. The number of fused-ring (bicyclic) bond motifs is 1. The van der Waals surface area contributed by atoms with Crippen LogP contribution in [0.3, 0.4) is 0 Å². The summed E-state index contributed by atoms with van der Waals surface area (Å²) in [5.41, 5.74) is 4.79. The first kappa shape index (κ1) is 15.3. The summed E-state index contributed by atoms with van der Waals surface area (Å²) < 4.78 is 0. The van der Waals surface area contributed by atoms with Gasteiger partial charge in [0, 0.05) is 17.7 Å². The van der Waals surface area contributed by atoms with Gasteiger partial charge in [-0.1, -0.05) is 24.3 Å². The number of amides is 1. The first-order chi connectivity index (χ1) is 11.1. The number of anilines is 1. The molecule has 2 N–H and O–H groups in total. The molecule has 0 atom stereocenters. The Labute approximate surface area is 135 Å². The summed E-state index contributed by atoms with van der Waals surface area (Å²) in [5, 5.41) is 11.7. The highest BCUT2D eigenvalue weighted by molar-refractivity contribution is 6.05. The Balaban J connectivity index is 1.74. The Bertz CT molecular complexity index is 752. The minimum Gasteiger partial charge on any atom is -0.481 e. The summed E-state index contributed by atoms with van der Waals surface area (Å²) in [7, 11) is 0. The highest BCUT2D eigenvalue weighted by atomic mass is 16.4. The quantitative estimate of drug-likeness (QED) is 0.889. The molecule has 118 valence electrons. The summed E-state index contributed by atoms with van der Waals surface area (Å²) >= 11 is 0. The number of carbonyl (C=O) groups is 2. The number of benzene rings is 2. The monoisotopic (exact) mass is 309 g/mol. The maximum absolute atomic E-state index is 12.5. The first-order valence-electron chi connectivity index (χ1n) is 7.86. The van der Waals surface area contributed by atoms with E-state index in [-0.39, 0.29) is 12.3 Å². The van der Waals surface area contributed by atoms with E-state index in [1.807, 2.05) is 36.4 Å². The molecule has 0 bridgehead atoms. The van der Waals surface area contributed by atoms with Gasteiger partial charge in [-0.2, -0.15) is 0 Å². The smallest absolute Gasteiger partial charge is 0.303 e. The molecule has 0 radical (unpaired) electrons. The summed E-state index contributed by atoms with van der Waals surface area (Å²) in [6.45, 7) is 0. The predicted molar refractivity (Wildman–Crippen MR) is 88.8 cm³/mol. The molecule has 1 aliphatic rings. The Morgan fingerprint density at radius 1 is 1.09 bits per heavy atom. The fourth-order valence-electron chi connectivity index (χ4n) is 3.09. The third-order valence-electron chi connectivity index (χ3n) is 4.20. The van der Waals surface area contributed by atoms with Crippen molar-refractivity contribution >= 4 is 17.6 Å². The van der Waals surface area contributed by atoms with E-state index in [4.69, 9.17) is 5.11 Å². The molecule has 2 aromatic carbocycles. The summed E-state index contributed by atoms with van der Waals surface area (Å²) in [5.74, 6) is -0.918. The predicted octanol–water partition coefficient (Wildman–Crippen LogP) is 3.44.